The van der Waals surface area contributed by atoms with E-state index < -0.39 is 0 Å². The summed E-state index contributed by atoms with van der Waals surface area (Å²) in [6, 6.07) is 11.5. The molecule has 5 heteroatoms. The molecule has 2 heterocycles. The molecule has 94 valence electrons. The SMILES string of the molecule is Nc1ccc(-c2nccn2-c2ncccc2Br)cc1. The zero-order valence-corrected chi connectivity index (χ0v) is 11.6. The van der Waals surface area contributed by atoms with Crippen LogP contribution in [-0.4, -0.2) is 14.5 Å². The van der Waals surface area contributed by atoms with Gasteiger partial charge in [0.2, 0.25) is 0 Å². The predicted molar refractivity (Wildman–Crippen MR) is 78.9 cm³/mol. The third-order valence-corrected chi connectivity index (χ3v) is 3.40. The molecule has 19 heavy (non-hydrogen) atoms. The largest absolute Gasteiger partial charge is 0.399 e. The Hall–Kier alpha value is -2.14. The number of nitrogen functional groups attached to an aromatic ring is 1. The van der Waals surface area contributed by atoms with Gasteiger partial charge >= 0.3 is 0 Å². The first kappa shape index (κ1) is 11.9. The number of anilines is 1. The molecule has 2 N–H and O–H groups in total. The minimum absolute atomic E-state index is 0.737. The van der Waals surface area contributed by atoms with Crippen LogP contribution in [0.25, 0.3) is 17.2 Å². The second kappa shape index (κ2) is 4.85. The summed E-state index contributed by atoms with van der Waals surface area (Å²) in [6.07, 6.45) is 5.40. The number of imidazole rings is 1. The minimum atomic E-state index is 0.737. The zero-order valence-electron chi connectivity index (χ0n) is 9.99. The number of halogens is 1. The molecule has 0 radical (unpaired) electrons. The molecule has 0 aliphatic rings. The van der Waals surface area contributed by atoms with Crippen molar-refractivity contribution in [1.82, 2.24) is 14.5 Å². The van der Waals surface area contributed by atoms with Crippen molar-refractivity contribution in [2.75, 3.05) is 5.73 Å². The summed E-state index contributed by atoms with van der Waals surface area (Å²) in [5.41, 5.74) is 7.44. The van der Waals surface area contributed by atoms with E-state index in [2.05, 4.69) is 25.9 Å². The van der Waals surface area contributed by atoms with E-state index >= 15 is 0 Å². The number of benzene rings is 1. The van der Waals surface area contributed by atoms with E-state index in [1.54, 1.807) is 12.4 Å². The van der Waals surface area contributed by atoms with Crippen LogP contribution in [-0.2, 0) is 0 Å². The monoisotopic (exact) mass is 314 g/mol. The molecule has 0 amide bonds. The number of nitrogens with two attached hydrogens (primary N) is 1. The van der Waals surface area contributed by atoms with Crippen molar-refractivity contribution < 1.29 is 0 Å². The maximum Gasteiger partial charge on any atom is 0.152 e. The fraction of sp³-hybridized carbons (Fsp3) is 0. The van der Waals surface area contributed by atoms with Crippen LogP contribution < -0.4 is 5.73 Å². The molecule has 0 atom stereocenters. The van der Waals surface area contributed by atoms with Gasteiger partial charge in [-0.1, -0.05) is 0 Å². The summed E-state index contributed by atoms with van der Waals surface area (Å²) >= 11 is 3.50. The third-order valence-electron chi connectivity index (χ3n) is 2.78. The van der Waals surface area contributed by atoms with Crippen molar-refractivity contribution >= 4 is 21.6 Å². The maximum absolute atomic E-state index is 5.71. The van der Waals surface area contributed by atoms with Crippen LogP contribution in [0.1, 0.15) is 0 Å². The van der Waals surface area contributed by atoms with E-state index in [1.165, 1.54) is 0 Å². The molecular formula is C14H11BrN4. The number of hydrogen-bond acceptors (Lipinski definition) is 3. The Morgan fingerprint density at radius 1 is 1.00 bits per heavy atom. The molecule has 0 saturated carbocycles. The minimum Gasteiger partial charge on any atom is -0.399 e. The molecule has 0 spiro atoms. The summed E-state index contributed by atoms with van der Waals surface area (Å²) in [5.74, 6) is 1.64. The van der Waals surface area contributed by atoms with Crippen LogP contribution >= 0.6 is 15.9 Å². The molecule has 3 rings (SSSR count). The van der Waals surface area contributed by atoms with Crippen molar-refractivity contribution in [1.29, 1.82) is 0 Å². The van der Waals surface area contributed by atoms with E-state index in [9.17, 15) is 0 Å². The van der Waals surface area contributed by atoms with E-state index in [0.29, 0.717) is 0 Å². The lowest BCUT2D eigenvalue weighted by Crippen LogP contribution is -2.00. The third kappa shape index (κ3) is 2.24. The van der Waals surface area contributed by atoms with Gasteiger partial charge < -0.3 is 5.73 Å². The van der Waals surface area contributed by atoms with Gasteiger partial charge in [0, 0.05) is 29.8 Å². The lowest BCUT2D eigenvalue weighted by Gasteiger charge is -2.08. The molecule has 0 fully saturated rings. The Morgan fingerprint density at radius 2 is 1.79 bits per heavy atom. The molecular weight excluding hydrogens is 304 g/mol. The smallest absolute Gasteiger partial charge is 0.152 e. The standard InChI is InChI=1S/C14H11BrN4/c15-12-2-1-7-17-14(12)19-9-8-18-13(19)10-3-5-11(16)6-4-10/h1-9H,16H2. The summed E-state index contributed by atoms with van der Waals surface area (Å²) < 4.78 is 2.86. The Bertz CT molecular complexity index is 703. The quantitative estimate of drug-likeness (QED) is 0.738. The van der Waals surface area contributed by atoms with Gasteiger partial charge in [-0.3, -0.25) is 4.57 Å². The van der Waals surface area contributed by atoms with E-state index in [1.807, 2.05) is 47.2 Å². The Balaban J connectivity index is 2.13. The summed E-state index contributed by atoms with van der Waals surface area (Å²) in [4.78, 5) is 8.77. The number of hydrogen-bond donors (Lipinski definition) is 1. The van der Waals surface area contributed by atoms with Crippen LogP contribution in [0.4, 0.5) is 5.69 Å². The molecule has 0 aliphatic carbocycles. The van der Waals surface area contributed by atoms with Crippen LogP contribution in [0, 0.1) is 0 Å². The fourth-order valence-electron chi connectivity index (χ4n) is 1.87. The summed E-state index contributed by atoms with van der Waals surface area (Å²) in [6.45, 7) is 0. The highest BCUT2D eigenvalue weighted by molar-refractivity contribution is 9.10. The lowest BCUT2D eigenvalue weighted by molar-refractivity contribution is 0.993. The Kier molecular flexibility index (Phi) is 3.05. The van der Waals surface area contributed by atoms with Gasteiger partial charge in [0.15, 0.2) is 5.82 Å². The second-order valence-corrected chi connectivity index (χ2v) is 4.91. The topological polar surface area (TPSA) is 56.7 Å². The van der Waals surface area contributed by atoms with Crippen LogP contribution in [0.3, 0.4) is 0 Å². The molecule has 0 unspecified atom stereocenters. The van der Waals surface area contributed by atoms with Gasteiger partial charge in [-0.25, -0.2) is 9.97 Å². The van der Waals surface area contributed by atoms with Crippen LogP contribution in [0.2, 0.25) is 0 Å². The average Bonchev–Trinajstić information content (AvgIpc) is 2.89. The molecule has 1 aromatic carbocycles. The summed E-state index contributed by atoms with van der Waals surface area (Å²) in [5, 5.41) is 0. The first-order chi connectivity index (χ1) is 9.25. The Morgan fingerprint density at radius 3 is 2.53 bits per heavy atom. The van der Waals surface area contributed by atoms with Crippen molar-refractivity contribution in [2.45, 2.75) is 0 Å². The molecule has 4 nitrogen and oxygen atoms in total. The normalized spacial score (nSPS) is 10.6. The highest BCUT2D eigenvalue weighted by Crippen LogP contribution is 2.25. The van der Waals surface area contributed by atoms with E-state index in [0.717, 1.165) is 27.4 Å². The van der Waals surface area contributed by atoms with Gasteiger partial charge in [-0.15, -0.1) is 0 Å². The van der Waals surface area contributed by atoms with Gasteiger partial charge in [0.05, 0.1) is 4.47 Å². The molecule has 2 aromatic heterocycles. The highest BCUT2D eigenvalue weighted by Gasteiger charge is 2.10. The fourth-order valence-corrected chi connectivity index (χ4v) is 2.32. The molecule has 3 aromatic rings. The van der Waals surface area contributed by atoms with Gasteiger partial charge in [-0.2, -0.15) is 0 Å². The highest BCUT2D eigenvalue weighted by atomic mass is 79.9. The molecule has 0 aliphatic heterocycles. The van der Waals surface area contributed by atoms with E-state index in [-0.39, 0.29) is 0 Å². The van der Waals surface area contributed by atoms with Crippen LogP contribution in [0.5, 0.6) is 0 Å². The van der Waals surface area contributed by atoms with Crippen molar-refractivity contribution in [3.63, 3.8) is 0 Å². The predicted octanol–water partition coefficient (Wildman–Crippen LogP) is 3.28. The van der Waals surface area contributed by atoms with Gasteiger partial charge in [0.25, 0.3) is 0 Å². The van der Waals surface area contributed by atoms with Crippen molar-refractivity contribution in [3.8, 4) is 17.2 Å². The van der Waals surface area contributed by atoms with Gasteiger partial charge in [0.1, 0.15) is 5.82 Å². The first-order valence-corrected chi connectivity index (χ1v) is 6.55. The number of aromatic nitrogens is 3. The van der Waals surface area contributed by atoms with E-state index in [4.69, 9.17) is 5.73 Å². The number of nitrogens with zero attached hydrogens (tertiary/aromatic N) is 3. The summed E-state index contributed by atoms with van der Waals surface area (Å²) in [7, 11) is 0. The average molecular weight is 315 g/mol. The molecule has 0 saturated heterocycles. The molecule has 0 bridgehead atoms. The number of rotatable bonds is 2. The Labute approximate surface area is 119 Å². The van der Waals surface area contributed by atoms with Gasteiger partial charge in [-0.05, 0) is 52.3 Å². The lowest BCUT2D eigenvalue weighted by atomic mass is 10.2. The second-order valence-electron chi connectivity index (χ2n) is 4.05. The zero-order chi connectivity index (χ0) is 13.2. The first-order valence-electron chi connectivity index (χ1n) is 5.76. The van der Waals surface area contributed by atoms with Crippen LogP contribution in [0.15, 0.2) is 59.5 Å². The van der Waals surface area contributed by atoms with Crippen molar-refractivity contribution in [2.24, 2.45) is 0 Å². The van der Waals surface area contributed by atoms with Crippen molar-refractivity contribution in [3.05, 3.63) is 59.5 Å². The maximum atomic E-state index is 5.71. The number of pyridine rings is 1.